The summed E-state index contributed by atoms with van der Waals surface area (Å²) >= 11 is 5.58. The molecule has 27 heavy (non-hydrogen) atoms. The van der Waals surface area contributed by atoms with Crippen LogP contribution < -0.4 is 10.6 Å². The SMILES string of the molecule is O=C(CCl)NCC(NC(=O)Cc1ccc2ccccc2c1)C1CCCCC1. The maximum Gasteiger partial charge on any atom is 0.234 e. The molecule has 3 rings (SSSR count). The number of halogens is 1. The van der Waals surface area contributed by atoms with Gasteiger partial charge in [-0.3, -0.25) is 9.59 Å². The molecule has 0 aromatic heterocycles. The van der Waals surface area contributed by atoms with E-state index in [4.69, 9.17) is 11.6 Å². The molecule has 5 heteroatoms. The van der Waals surface area contributed by atoms with Crippen LogP contribution in [0.4, 0.5) is 0 Å². The Morgan fingerprint density at radius 2 is 1.74 bits per heavy atom. The second-order valence-electron chi connectivity index (χ2n) is 7.37. The summed E-state index contributed by atoms with van der Waals surface area (Å²) < 4.78 is 0. The molecule has 1 atom stereocenters. The van der Waals surface area contributed by atoms with E-state index in [1.807, 2.05) is 18.2 Å². The number of hydrogen-bond donors (Lipinski definition) is 2. The first-order valence-electron chi connectivity index (χ1n) is 9.75. The van der Waals surface area contributed by atoms with Gasteiger partial charge in [-0.15, -0.1) is 11.6 Å². The zero-order valence-corrected chi connectivity index (χ0v) is 16.3. The number of benzene rings is 2. The summed E-state index contributed by atoms with van der Waals surface area (Å²) in [6, 6.07) is 14.2. The minimum absolute atomic E-state index is 0.000905. The lowest BCUT2D eigenvalue weighted by molar-refractivity contribution is -0.122. The first-order chi connectivity index (χ1) is 13.2. The average molecular weight is 387 g/mol. The highest BCUT2D eigenvalue weighted by atomic mass is 35.5. The molecule has 2 amide bonds. The predicted molar refractivity (Wildman–Crippen MR) is 110 cm³/mol. The van der Waals surface area contributed by atoms with E-state index < -0.39 is 0 Å². The second-order valence-corrected chi connectivity index (χ2v) is 7.64. The summed E-state index contributed by atoms with van der Waals surface area (Å²) in [4.78, 5) is 24.2. The molecule has 2 aromatic rings. The third-order valence-corrected chi connectivity index (χ3v) is 5.63. The first-order valence-corrected chi connectivity index (χ1v) is 10.3. The van der Waals surface area contributed by atoms with Gasteiger partial charge in [-0.25, -0.2) is 0 Å². The van der Waals surface area contributed by atoms with Gasteiger partial charge in [0.05, 0.1) is 6.42 Å². The van der Waals surface area contributed by atoms with E-state index in [1.165, 1.54) is 24.6 Å². The molecule has 1 saturated carbocycles. The summed E-state index contributed by atoms with van der Waals surface area (Å²) in [5.41, 5.74) is 0.999. The van der Waals surface area contributed by atoms with E-state index in [1.54, 1.807) is 0 Å². The highest BCUT2D eigenvalue weighted by molar-refractivity contribution is 6.27. The van der Waals surface area contributed by atoms with Gasteiger partial charge in [0.1, 0.15) is 5.88 Å². The van der Waals surface area contributed by atoms with Gasteiger partial charge in [0, 0.05) is 12.6 Å². The van der Waals surface area contributed by atoms with Gasteiger partial charge in [-0.2, -0.15) is 0 Å². The summed E-state index contributed by atoms with van der Waals surface area (Å²) in [5, 5.41) is 8.32. The monoisotopic (exact) mass is 386 g/mol. The van der Waals surface area contributed by atoms with Crippen LogP contribution in [0.3, 0.4) is 0 Å². The second kappa shape index (κ2) is 9.75. The maximum absolute atomic E-state index is 12.7. The van der Waals surface area contributed by atoms with Crippen LogP contribution >= 0.6 is 11.6 Å². The Kier molecular flexibility index (Phi) is 7.11. The average Bonchev–Trinajstić information content (AvgIpc) is 2.71. The van der Waals surface area contributed by atoms with Crippen LogP contribution in [0.15, 0.2) is 42.5 Å². The fourth-order valence-electron chi connectivity index (χ4n) is 3.94. The fourth-order valence-corrected chi connectivity index (χ4v) is 4.03. The molecule has 1 fully saturated rings. The number of nitrogens with one attached hydrogen (secondary N) is 2. The first kappa shape index (κ1) is 19.7. The summed E-state index contributed by atoms with van der Waals surface area (Å²) in [7, 11) is 0. The number of alkyl halides is 1. The third kappa shape index (κ3) is 5.70. The Morgan fingerprint density at radius 3 is 2.48 bits per heavy atom. The summed E-state index contributed by atoms with van der Waals surface area (Å²) in [6.45, 7) is 0.444. The van der Waals surface area contributed by atoms with Crippen LogP contribution in [-0.2, 0) is 16.0 Å². The van der Waals surface area contributed by atoms with Crippen molar-refractivity contribution in [2.75, 3.05) is 12.4 Å². The van der Waals surface area contributed by atoms with Gasteiger partial charge >= 0.3 is 0 Å². The Hall–Kier alpha value is -2.07. The van der Waals surface area contributed by atoms with E-state index in [2.05, 4.69) is 34.9 Å². The topological polar surface area (TPSA) is 58.2 Å². The zero-order chi connectivity index (χ0) is 19.1. The highest BCUT2D eigenvalue weighted by Crippen LogP contribution is 2.26. The molecule has 0 radical (unpaired) electrons. The molecule has 0 aliphatic heterocycles. The third-order valence-electron chi connectivity index (χ3n) is 5.38. The van der Waals surface area contributed by atoms with Gasteiger partial charge in [0.2, 0.25) is 11.8 Å². The largest absolute Gasteiger partial charge is 0.353 e. The number of hydrogen-bond acceptors (Lipinski definition) is 2. The Labute approximate surface area is 165 Å². The molecule has 4 nitrogen and oxygen atoms in total. The lowest BCUT2D eigenvalue weighted by Crippen LogP contribution is -2.49. The molecule has 0 bridgehead atoms. The fraction of sp³-hybridized carbons (Fsp3) is 0.455. The molecule has 0 saturated heterocycles. The molecule has 144 valence electrons. The molecular weight excluding hydrogens is 360 g/mol. The van der Waals surface area contributed by atoms with Gasteiger partial charge in [0.25, 0.3) is 0 Å². The van der Waals surface area contributed by atoms with Crippen molar-refractivity contribution in [2.45, 2.75) is 44.6 Å². The van der Waals surface area contributed by atoms with Gasteiger partial charge < -0.3 is 10.6 Å². The Bertz CT molecular complexity index is 787. The van der Waals surface area contributed by atoms with Crippen LogP contribution in [0.1, 0.15) is 37.7 Å². The number of rotatable bonds is 7. The van der Waals surface area contributed by atoms with Crippen LogP contribution in [0.5, 0.6) is 0 Å². The van der Waals surface area contributed by atoms with Crippen LogP contribution in [0.2, 0.25) is 0 Å². The summed E-state index contributed by atoms with van der Waals surface area (Å²) in [5.74, 6) is 0.166. The smallest absolute Gasteiger partial charge is 0.234 e. The normalized spacial score (nSPS) is 16.0. The quantitative estimate of drug-likeness (QED) is 0.711. The van der Waals surface area contributed by atoms with Gasteiger partial charge in [0.15, 0.2) is 0 Å². The molecule has 1 unspecified atom stereocenters. The molecule has 0 heterocycles. The van der Waals surface area contributed by atoms with Crippen molar-refractivity contribution in [1.29, 1.82) is 0 Å². The molecule has 1 aliphatic rings. The van der Waals surface area contributed by atoms with Gasteiger partial charge in [-0.1, -0.05) is 61.7 Å². The standard InChI is InChI=1S/C22H27ClN2O2/c23-14-22(27)24-15-20(18-7-2-1-3-8-18)25-21(26)13-16-10-11-17-6-4-5-9-19(17)12-16/h4-6,9-12,18,20H,1-3,7-8,13-15H2,(H,24,27)(H,25,26). The van der Waals surface area contributed by atoms with Crippen molar-refractivity contribution in [2.24, 2.45) is 5.92 Å². The molecular formula is C22H27ClN2O2. The minimum atomic E-state index is -0.193. The molecule has 2 aromatic carbocycles. The lowest BCUT2D eigenvalue weighted by atomic mass is 9.83. The van der Waals surface area contributed by atoms with Crippen LogP contribution in [0.25, 0.3) is 10.8 Å². The number of carbonyl (C=O) groups is 2. The molecule has 1 aliphatic carbocycles. The highest BCUT2D eigenvalue weighted by Gasteiger charge is 2.25. The van der Waals surface area contributed by atoms with Crippen molar-refractivity contribution in [3.63, 3.8) is 0 Å². The van der Waals surface area contributed by atoms with E-state index >= 15 is 0 Å². The summed E-state index contributed by atoms with van der Waals surface area (Å²) in [6.07, 6.45) is 6.16. The Morgan fingerprint density at radius 1 is 1.00 bits per heavy atom. The van der Waals surface area contributed by atoms with Crippen molar-refractivity contribution >= 4 is 34.2 Å². The van der Waals surface area contributed by atoms with Gasteiger partial charge in [-0.05, 0) is 35.1 Å². The van der Waals surface area contributed by atoms with Crippen molar-refractivity contribution in [3.8, 4) is 0 Å². The maximum atomic E-state index is 12.7. The number of amides is 2. The zero-order valence-electron chi connectivity index (χ0n) is 15.5. The van der Waals surface area contributed by atoms with Crippen LogP contribution in [0, 0.1) is 5.92 Å². The van der Waals surface area contributed by atoms with E-state index in [9.17, 15) is 9.59 Å². The lowest BCUT2D eigenvalue weighted by Gasteiger charge is -2.31. The number of fused-ring (bicyclic) bond motifs is 1. The minimum Gasteiger partial charge on any atom is -0.353 e. The Balaban J connectivity index is 1.63. The van der Waals surface area contributed by atoms with E-state index in [0.29, 0.717) is 18.9 Å². The van der Waals surface area contributed by atoms with E-state index in [-0.39, 0.29) is 23.7 Å². The van der Waals surface area contributed by atoms with E-state index in [0.717, 1.165) is 23.8 Å². The predicted octanol–water partition coefficient (Wildman–Crippen LogP) is 3.80. The van der Waals surface area contributed by atoms with Crippen molar-refractivity contribution in [1.82, 2.24) is 10.6 Å². The van der Waals surface area contributed by atoms with Crippen LogP contribution in [-0.4, -0.2) is 30.3 Å². The molecule has 0 spiro atoms. The van der Waals surface area contributed by atoms with Crippen molar-refractivity contribution in [3.05, 3.63) is 48.0 Å². The number of carbonyl (C=O) groups excluding carboxylic acids is 2. The molecule has 2 N–H and O–H groups in total. The van der Waals surface area contributed by atoms with Crippen molar-refractivity contribution < 1.29 is 9.59 Å².